The van der Waals surface area contributed by atoms with Crippen molar-refractivity contribution in [2.45, 2.75) is 13.0 Å². The Morgan fingerprint density at radius 2 is 2.22 bits per heavy atom. The van der Waals surface area contributed by atoms with Crippen molar-refractivity contribution in [3.63, 3.8) is 0 Å². The normalized spacial score (nSPS) is 11.8. The van der Waals surface area contributed by atoms with E-state index in [9.17, 15) is 4.79 Å². The maximum atomic E-state index is 10.8. The average Bonchev–Trinajstić information content (AvgIpc) is 2.40. The van der Waals surface area contributed by atoms with Gasteiger partial charge < -0.3 is 10.4 Å². The molecule has 1 atom stereocenters. The molecular weight excluding hydrogens is 232 g/mol. The highest BCUT2D eigenvalue weighted by atomic mass is 16.4. The van der Waals surface area contributed by atoms with Gasteiger partial charge in [-0.05, 0) is 19.1 Å². The van der Waals surface area contributed by atoms with Gasteiger partial charge in [0.15, 0.2) is 5.69 Å². The third-order valence-corrected chi connectivity index (χ3v) is 2.35. The van der Waals surface area contributed by atoms with Crippen LogP contribution in [0.15, 0.2) is 36.8 Å². The monoisotopic (exact) mass is 244 g/mol. The summed E-state index contributed by atoms with van der Waals surface area (Å²) in [6, 6.07) is 5.53. The lowest BCUT2D eigenvalue weighted by Crippen LogP contribution is -2.11. The molecule has 2 heterocycles. The molecule has 0 aliphatic rings. The SMILES string of the molecule is CC(Nc1cncc(C(=O)O)n1)c1ccccn1. The van der Waals surface area contributed by atoms with Crippen molar-refractivity contribution in [3.05, 3.63) is 48.2 Å². The van der Waals surface area contributed by atoms with Crippen molar-refractivity contribution in [2.24, 2.45) is 0 Å². The van der Waals surface area contributed by atoms with Crippen LogP contribution in [-0.4, -0.2) is 26.0 Å². The number of nitrogens with one attached hydrogen (secondary N) is 1. The lowest BCUT2D eigenvalue weighted by Gasteiger charge is -2.13. The van der Waals surface area contributed by atoms with E-state index in [0.29, 0.717) is 5.82 Å². The molecule has 0 spiro atoms. The zero-order chi connectivity index (χ0) is 13.0. The van der Waals surface area contributed by atoms with Crippen molar-refractivity contribution < 1.29 is 9.90 Å². The largest absolute Gasteiger partial charge is 0.476 e. The van der Waals surface area contributed by atoms with Crippen LogP contribution in [0.1, 0.15) is 29.1 Å². The predicted molar refractivity (Wildman–Crippen MR) is 65.3 cm³/mol. The molecule has 6 nitrogen and oxygen atoms in total. The molecule has 0 bridgehead atoms. The average molecular weight is 244 g/mol. The first kappa shape index (κ1) is 12.0. The summed E-state index contributed by atoms with van der Waals surface area (Å²) >= 11 is 0. The van der Waals surface area contributed by atoms with Crippen molar-refractivity contribution in [2.75, 3.05) is 5.32 Å². The van der Waals surface area contributed by atoms with Gasteiger partial charge in [-0.15, -0.1) is 0 Å². The van der Waals surface area contributed by atoms with E-state index in [1.165, 1.54) is 12.4 Å². The molecule has 0 aromatic carbocycles. The summed E-state index contributed by atoms with van der Waals surface area (Å²) in [6.45, 7) is 1.91. The number of aromatic nitrogens is 3. The van der Waals surface area contributed by atoms with Crippen LogP contribution in [0.25, 0.3) is 0 Å². The van der Waals surface area contributed by atoms with Gasteiger partial charge in [0.2, 0.25) is 0 Å². The summed E-state index contributed by atoms with van der Waals surface area (Å²) in [5.74, 6) is -0.690. The van der Waals surface area contributed by atoms with E-state index in [1.54, 1.807) is 6.20 Å². The number of hydrogen-bond acceptors (Lipinski definition) is 5. The molecule has 0 radical (unpaired) electrons. The smallest absolute Gasteiger partial charge is 0.356 e. The molecule has 92 valence electrons. The van der Waals surface area contributed by atoms with Gasteiger partial charge in [0.05, 0.1) is 24.1 Å². The van der Waals surface area contributed by atoms with Gasteiger partial charge in [-0.1, -0.05) is 6.07 Å². The summed E-state index contributed by atoms with van der Waals surface area (Å²) in [5, 5.41) is 11.9. The molecular formula is C12H12N4O2. The minimum atomic E-state index is -1.10. The maximum Gasteiger partial charge on any atom is 0.356 e. The van der Waals surface area contributed by atoms with Gasteiger partial charge in [0.25, 0.3) is 0 Å². The first-order valence-corrected chi connectivity index (χ1v) is 5.39. The minimum Gasteiger partial charge on any atom is -0.476 e. The molecule has 1 unspecified atom stereocenters. The Kier molecular flexibility index (Phi) is 3.47. The van der Waals surface area contributed by atoms with Gasteiger partial charge in [-0.2, -0.15) is 0 Å². The Labute approximate surface area is 104 Å². The number of rotatable bonds is 4. The number of nitrogens with zero attached hydrogens (tertiary/aromatic N) is 3. The molecule has 0 saturated carbocycles. The molecule has 0 amide bonds. The Morgan fingerprint density at radius 3 is 2.89 bits per heavy atom. The third kappa shape index (κ3) is 2.79. The Bertz CT molecular complexity index is 545. The zero-order valence-corrected chi connectivity index (χ0v) is 9.74. The Balaban J connectivity index is 2.14. The van der Waals surface area contributed by atoms with E-state index in [2.05, 4.69) is 20.3 Å². The van der Waals surface area contributed by atoms with E-state index < -0.39 is 5.97 Å². The molecule has 2 aromatic rings. The highest BCUT2D eigenvalue weighted by Crippen LogP contribution is 2.14. The second-order valence-electron chi connectivity index (χ2n) is 3.72. The Morgan fingerprint density at radius 1 is 1.39 bits per heavy atom. The van der Waals surface area contributed by atoms with Gasteiger partial charge in [-0.25, -0.2) is 9.78 Å². The lowest BCUT2D eigenvalue weighted by molar-refractivity contribution is 0.0690. The van der Waals surface area contributed by atoms with Crippen molar-refractivity contribution in [1.29, 1.82) is 0 Å². The molecule has 2 rings (SSSR count). The number of carboxylic acids is 1. The summed E-state index contributed by atoms with van der Waals surface area (Å²) in [6.07, 6.45) is 4.39. The van der Waals surface area contributed by atoms with Crippen LogP contribution in [-0.2, 0) is 0 Å². The van der Waals surface area contributed by atoms with Crippen LogP contribution in [0, 0.1) is 0 Å². The minimum absolute atomic E-state index is 0.0791. The van der Waals surface area contributed by atoms with Gasteiger partial charge >= 0.3 is 5.97 Å². The van der Waals surface area contributed by atoms with Crippen molar-refractivity contribution >= 4 is 11.8 Å². The summed E-state index contributed by atoms with van der Waals surface area (Å²) in [5.41, 5.74) is 0.758. The second-order valence-corrected chi connectivity index (χ2v) is 3.72. The number of anilines is 1. The second kappa shape index (κ2) is 5.22. The van der Waals surface area contributed by atoms with E-state index in [-0.39, 0.29) is 11.7 Å². The fraction of sp³-hybridized carbons (Fsp3) is 0.167. The molecule has 0 fully saturated rings. The molecule has 2 N–H and O–H groups in total. The van der Waals surface area contributed by atoms with Gasteiger partial charge in [-0.3, -0.25) is 9.97 Å². The first-order valence-electron chi connectivity index (χ1n) is 5.39. The van der Waals surface area contributed by atoms with Crippen LogP contribution >= 0.6 is 0 Å². The number of aromatic carboxylic acids is 1. The van der Waals surface area contributed by atoms with Gasteiger partial charge in [0, 0.05) is 6.20 Å². The summed E-state index contributed by atoms with van der Waals surface area (Å²) in [7, 11) is 0. The number of carbonyl (C=O) groups is 1. The third-order valence-electron chi connectivity index (χ3n) is 2.35. The maximum absolute atomic E-state index is 10.8. The molecule has 18 heavy (non-hydrogen) atoms. The summed E-state index contributed by atoms with van der Waals surface area (Å²) < 4.78 is 0. The highest BCUT2D eigenvalue weighted by Gasteiger charge is 2.10. The Hall–Kier alpha value is -2.50. The number of hydrogen-bond donors (Lipinski definition) is 2. The highest BCUT2D eigenvalue weighted by molar-refractivity contribution is 5.85. The van der Waals surface area contributed by atoms with Crippen LogP contribution in [0.5, 0.6) is 0 Å². The quantitative estimate of drug-likeness (QED) is 0.851. The van der Waals surface area contributed by atoms with E-state index >= 15 is 0 Å². The van der Waals surface area contributed by atoms with Gasteiger partial charge in [0.1, 0.15) is 5.82 Å². The number of carboxylic acid groups (broad SMARTS) is 1. The standard InChI is InChI=1S/C12H12N4O2/c1-8(9-4-2-3-5-14-9)15-11-7-13-6-10(16-11)12(17)18/h2-8H,1H3,(H,15,16)(H,17,18). The molecule has 0 aliphatic heterocycles. The van der Waals surface area contributed by atoms with E-state index in [1.807, 2.05) is 25.1 Å². The first-order chi connectivity index (χ1) is 8.66. The fourth-order valence-electron chi connectivity index (χ4n) is 1.47. The molecule has 6 heteroatoms. The molecule has 0 saturated heterocycles. The molecule has 2 aromatic heterocycles. The lowest BCUT2D eigenvalue weighted by atomic mass is 10.2. The zero-order valence-electron chi connectivity index (χ0n) is 9.74. The topological polar surface area (TPSA) is 88.0 Å². The fourth-order valence-corrected chi connectivity index (χ4v) is 1.47. The van der Waals surface area contributed by atoms with Crippen LogP contribution in [0.4, 0.5) is 5.82 Å². The van der Waals surface area contributed by atoms with E-state index in [0.717, 1.165) is 5.69 Å². The van der Waals surface area contributed by atoms with Crippen LogP contribution < -0.4 is 5.32 Å². The van der Waals surface area contributed by atoms with Crippen molar-refractivity contribution in [1.82, 2.24) is 15.0 Å². The van der Waals surface area contributed by atoms with Crippen LogP contribution in [0.2, 0.25) is 0 Å². The van der Waals surface area contributed by atoms with Crippen molar-refractivity contribution in [3.8, 4) is 0 Å². The van der Waals surface area contributed by atoms with Crippen LogP contribution in [0.3, 0.4) is 0 Å². The summed E-state index contributed by atoms with van der Waals surface area (Å²) in [4.78, 5) is 22.7. The predicted octanol–water partition coefficient (Wildman–Crippen LogP) is 1.74. The molecule has 0 aliphatic carbocycles. The number of pyridine rings is 1. The van der Waals surface area contributed by atoms with E-state index in [4.69, 9.17) is 5.11 Å².